The van der Waals surface area contributed by atoms with Crippen LogP contribution in [-0.2, 0) is 21.3 Å². The van der Waals surface area contributed by atoms with Gasteiger partial charge >= 0.3 is 0 Å². The monoisotopic (exact) mass is 376 g/mol. The standard InChI is InChI=1S/C18H24N4O3S/c1-18(2,3)22-16(10-15(21-22)13-6-7-13)17(23)20-14-8-4-12(5-9-14)11-26(19,24)25/h4-5,8-10,13H,6-7,11H2,1-3H3,(H,20,23)(H2,19,24,25). The summed E-state index contributed by atoms with van der Waals surface area (Å²) in [7, 11) is -3.58. The first-order chi connectivity index (χ1) is 12.0. The minimum atomic E-state index is -3.58. The summed E-state index contributed by atoms with van der Waals surface area (Å²) in [6, 6.07) is 8.47. The van der Waals surface area contributed by atoms with Gasteiger partial charge in [0, 0.05) is 11.6 Å². The van der Waals surface area contributed by atoms with Crippen LogP contribution in [0, 0.1) is 0 Å². The van der Waals surface area contributed by atoms with Crippen molar-refractivity contribution in [2.75, 3.05) is 5.32 Å². The van der Waals surface area contributed by atoms with E-state index in [2.05, 4.69) is 10.4 Å². The Morgan fingerprint density at radius 1 is 1.27 bits per heavy atom. The van der Waals surface area contributed by atoms with E-state index in [0.717, 1.165) is 18.5 Å². The van der Waals surface area contributed by atoms with E-state index in [4.69, 9.17) is 5.14 Å². The zero-order valence-electron chi connectivity index (χ0n) is 15.2. The van der Waals surface area contributed by atoms with E-state index >= 15 is 0 Å². The summed E-state index contributed by atoms with van der Waals surface area (Å²) in [5.41, 5.74) is 2.34. The number of anilines is 1. The number of amides is 1. The fourth-order valence-corrected chi connectivity index (χ4v) is 3.42. The Morgan fingerprint density at radius 3 is 2.38 bits per heavy atom. The third-order valence-corrected chi connectivity index (χ3v) is 4.91. The summed E-state index contributed by atoms with van der Waals surface area (Å²) < 4.78 is 24.1. The molecule has 1 aromatic carbocycles. The number of aromatic nitrogens is 2. The summed E-state index contributed by atoms with van der Waals surface area (Å²) in [5, 5.41) is 12.5. The number of hydrogen-bond acceptors (Lipinski definition) is 4. The van der Waals surface area contributed by atoms with E-state index < -0.39 is 10.0 Å². The molecular formula is C18H24N4O3S. The molecule has 7 nitrogen and oxygen atoms in total. The van der Waals surface area contributed by atoms with Crippen molar-refractivity contribution in [3.05, 3.63) is 47.3 Å². The highest BCUT2D eigenvalue weighted by molar-refractivity contribution is 7.88. The minimum absolute atomic E-state index is 0.233. The van der Waals surface area contributed by atoms with E-state index in [0.29, 0.717) is 22.9 Å². The van der Waals surface area contributed by atoms with Gasteiger partial charge in [0.1, 0.15) is 5.69 Å². The molecule has 0 unspecified atom stereocenters. The predicted octanol–water partition coefficient (Wildman–Crippen LogP) is 2.56. The van der Waals surface area contributed by atoms with E-state index in [1.807, 2.05) is 26.8 Å². The molecule has 1 aromatic heterocycles. The fourth-order valence-electron chi connectivity index (χ4n) is 2.76. The van der Waals surface area contributed by atoms with Gasteiger partial charge in [-0.2, -0.15) is 5.10 Å². The van der Waals surface area contributed by atoms with Crippen LogP contribution in [0.3, 0.4) is 0 Å². The van der Waals surface area contributed by atoms with Gasteiger partial charge < -0.3 is 5.32 Å². The SMILES string of the molecule is CC(C)(C)n1nc(C2CC2)cc1C(=O)Nc1ccc(CS(N)(=O)=O)cc1. The average Bonchev–Trinajstić information content (AvgIpc) is 3.24. The van der Waals surface area contributed by atoms with Gasteiger partial charge in [-0.25, -0.2) is 13.6 Å². The van der Waals surface area contributed by atoms with E-state index in [1.54, 1.807) is 28.9 Å². The number of rotatable bonds is 5. The number of sulfonamides is 1. The lowest BCUT2D eigenvalue weighted by molar-refractivity contribution is 0.100. The van der Waals surface area contributed by atoms with Gasteiger partial charge in [0.15, 0.2) is 0 Å². The first kappa shape index (κ1) is 18.6. The van der Waals surface area contributed by atoms with Crippen LogP contribution in [-0.4, -0.2) is 24.1 Å². The van der Waals surface area contributed by atoms with Crippen molar-refractivity contribution >= 4 is 21.6 Å². The van der Waals surface area contributed by atoms with Crippen LogP contribution in [0.1, 0.15) is 61.3 Å². The molecule has 0 bridgehead atoms. The fraction of sp³-hybridized carbons (Fsp3) is 0.444. The van der Waals surface area contributed by atoms with Gasteiger partial charge in [0.2, 0.25) is 10.0 Å². The summed E-state index contributed by atoms with van der Waals surface area (Å²) in [4.78, 5) is 12.8. The molecule has 0 saturated heterocycles. The van der Waals surface area contributed by atoms with Crippen molar-refractivity contribution in [2.45, 2.75) is 50.8 Å². The molecule has 1 amide bonds. The Morgan fingerprint density at radius 2 is 1.88 bits per heavy atom. The lowest BCUT2D eigenvalue weighted by Gasteiger charge is -2.22. The summed E-state index contributed by atoms with van der Waals surface area (Å²) in [6.07, 6.45) is 2.24. The van der Waals surface area contributed by atoms with E-state index in [-0.39, 0.29) is 17.2 Å². The highest BCUT2D eigenvalue weighted by atomic mass is 32.2. The average molecular weight is 376 g/mol. The molecular weight excluding hydrogens is 352 g/mol. The van der Waals surface area contributed by atoms with Crippen LogP contribution in [0.5, 0.6) is 0 Å². The molecule has 3 rings (SSSR count). The second-order valence-corrected chi connectivity index (χ2v) is 9.38. The van der Waals surface area contributed by atoms with Gasteiger partial charge in [-0.15, -0.1) is 0 Å². The summed E-state index contributed by atoms with van der Waals surface area (Å²) in [6.45, 7) is 6.03. The van der Waals surface area contributed by atoms with Crippen LogP contribution in [0.2, 0.25) is 0 Å². The predicted molar refractivity (Wildman–Crippen MR) is 100 cm³/mol. The molecule has 0 atom stereocenters. The number of nitrogens with zero attached hydrogens (tertiary/aromatic N) is 2. The van der Waals surface area contributed by atoms with Crippen molar-refractivity contribution in [3.63, 3.8) is 0 Å². The maximum atomic E-state index is 12.8. The lowest BCUT2D eigenvalue weighted by atomic mass is 10.1. The molecule has 8 heteroatoms. The summed E-state index contributed by atoms with van der Waals surface area (Å²) in [5.74, 6) is -0.0101. The van der Waals surface area contributed by atoms with Gasteiger partial charge in [0.05, 0.1) is 17.0 Å². The Balaban J connectivity index is 1.79. The van der Waals surface area contributed by atoms with Crippen LogP contribution < -0.4 is 10.5 Å². The van der Waals surface area contributed by atoms with Crippen molar-refractivity contribution in [1.82, 2.24) is 9.78 Å². The zero-order valence-corrected chi connectivity index (χ0v) is 16.0. The smallest absolute Gasteiger partial charge is 0.273 e. The molecule has 3 N–H and O–H groups in total. The highest BCUT2D eigenvalue weighted by Gasteiger charge is 2.31. The van der Waals surface area contributed by atoms with Gasteiger partial charge in [-0.05, 0) is 57.4 Å². The lowest BCUT2D eigenvalue weighted by Crippen LogP contribution is -2.29. The molecule has 1 fully saturated rings. The molecule has 2 aromatic rings. The zero-order chi connectivity index (χ0) is 19.1. The maximum Gasteiger partial charge on any atom is 0.273 e. The Labute approximate surface area is 153 Å². The number of nitrogens with two attached hydrogens (primary N) is 1. The van der Waals surface area contributed by atoms with Crippen molar-refractivity contribution in [1.29, 1.82) is 0 Å². The first-order valence-corrected chi connectivity index (χ1v) is 10.3. The third-order valence-electron chi connectivity index (χ3n) is 4.17. The molecule has 0 radical (unpaired) electrons. The largest absolute Gasteiger partial charge is 0.321 e. The van der Waals surface area contributed by atoms with Gasteiger partial charge in [-0.1, -0.05) is 12.1 Å². The third kappa shape index (κ3) is 4.50. The van der Waals surface area contributed by atoms with Gasteiger partial charge in [-0.3, -0.25) is 9.48 Å². The number of hydrogen-bond donors (Lipinski definition) is 2. The molecule has 1 aliphatic carbocycles. The second-order valence-electron chi connectivity index (χ2n) is 7.77. The minimum Gasteiger partial charge on any atom is -0.321 e. The number of nitrogens with one attached hydrogen (secondary N) is 1. The topological polar surface area (TPSA) is 107 Å². The Kier molecular flexibility index (Phi) is 4.66. The summed E-state index contributed by atoms with van der Waals surface area (Å²) >= 11 is 0. The van der Waals surface area contributed by atoms with E-state index in [1.165, 1.54) is 0 Å². The second kappa shape index (κ2) is 6.51. The van der Waals surface area contributed by atoms with Crippen LogP contribution in [0.25, 0.3) is 0 Å². The normalized spacial score (nSPS) is 15.1. The van der Waals surface area contributed by atoms with Crippen molar-refractivity contribution < 1.29 is 13.2 Å². The van der Waals surface area contributed by atoms with Crippen molar-refractivity contribution in [3.8, 4) is 0 Å². The highest BCUT2D eigenvalue weighted by Crippen LogP contribution is 2.40. The quantitative estimate of drug-likeness (QED) is 0.836. The molecule has 0 aliphatic heterocycles. The van der Waals surface area contributed by atoms with Crippen LogP contribution >= 0.6 is 0 Å². The van der Waals surface area contributed by atoms with Crippen LogP contribution in [0.15, 0.2) is 30.3 Å². The van der Waals surface area contributed by atoms with E-state index in [9.17, 15) is 13.2 Å². The molecule has 26 heavy (non-hydrogen) atoms. The number of carbonyl (C=O) groups excluding carboxylic acids is 1. The molecule has 1 saturated carbocycles. The number of primary sulfonamides is 1. The van der Waals surface area contributed by atoms with Crippen molar-refractivity contribution in [2.24, 2.45) is 5.14 Å². The molecule has 140 valence electrons. The molecule has 1 heterocycles. The Hall–Kier alpha value is -2.19. The Bertz CT molecular complexity index is 920. The molecule has 1 aliphatic rings. The first-order valence-electron chi connectivity index (χ1n) is 8.54. The number of carbonyl (C=O) groups is 1. The molecule has 0 spiro atoms. The van der Waals surface area contributed by atoms with Crippen LogP contribution in [0.4, 0.5) is 5.69 Å². The number of benzene rings is 1. The van der Waals surface area contributed by atoms with Gasteiger partial charge in [0.25, 0.3) is 5.91 Å². The maximum absolute atomic E-state index is 12.8.